The maximum absolute atomic E-state index is 11.4. The van der Waals surface area contributed by atoms with E-state index in [1.807, 2.05) is 4.90 Å². The fraction of sp³-hybridized carbons (Fsp3) is 0.471. The number of nitrogens with zero attached hydrogens (tertiary/aromatic N) is 1. The molecule has 0 rings (SSSR count). The van der Waals surface area contributed by atoms with Gasteiger partial charge in [-0.3, -0.25) is 4.90 Å². The molecule has 0 aromatic carbocycles. The number of carbonyl (C=O) groups is 3. The summed E-state index contributed by atoms with van der Waals surface area (Å²) in [6, 6.07) is 0. The number of ether oxygens (including phenoxy) is 3. The third-order valence-corrected chi connectivity index (χ3v) is 3.28. The lowest BCUT2D eigenvalue weighted by atomic mass is 10.3. The van der Waals surface area contributed by atoms with Crippen LogP contribution in [0.4, 0.5) is 0 Å². The Balaban J connectivity index is 4.38. The Bertz CT molecular complexity index is 467. The first-order chi connectivity index (χ1) is 11.6. The van der Waals surface area contributed by atoms with E-state index in [1.54, 1.807) is 36.4 Å². The zero-order valence-corrected chi connectivity index (χ0v) is 16.8. The Morgan fingerprint density at radius 3 is 1.36 bits per heavy atom. The van der Waals surface area contributed by atoms with Crippen molar-refractivity contribution in [3.63, 3.8) is 0 Å². The van der Waals surface area contributed by atoms with Crippen molar-refractivity contribution in [1.29, 1.82) is 0 Å². The van der Waals surface area contributed by atoms with E-state index in [1.165, 1.54) is 0 Å². The zero-order valence-electron chi connectivity index (χ0n) is 14.6. The molecule has 0 bridgehead atoms. The minimum Gasteiger partial charge on any atom is -0.461 e. The minimum absolute atomic E-state index is 0.143. The van der Waals surface area contributed by atoms with Gasteiger partial charge >= 0.3 is 17.9 Å². The van der Waals surface area contributed by atoms with Crippen LogP contribution in [0.15, 0.2) is 34.5 Å². The molecule has 0 aliphatic carbocycles. The van der Waals surface area contributed by atoms with Crippen LogP contribution in [-0.2, 0) is 28.6 Å². The smallest absolute Gasteiger partial charge is 0.343 e. The van der Waals surface area contributed by atoms with Crippen molar-refractivity contribution in [2.75, 3.05) is 39.5 Å². The zero-order chi connectivity index (χ0) is 19.4. The molecule has 0 aliphatic heterocycles. The van der Waals surface area contributed by atoms with Crippen LogP contribution >= 0.6 is 22.6 Å². The summed E-state index contributed by atoms with van der Waals surface area (Å²) in [5, 5.41) is 0. The van der Waals surface area contributed by atoms with E-state index >= 15 is 0 Å². The standard InChI is InChI=1S/C17H24INO6/c1-12(2)15(20)23-9-6-19(7-10-24-16(21)13(3)4)8-11-25-17(22)14(5)18/h1,3,5-11H2,2,4H3. The van der Waals surface area contributed by atoms with Crippen molar-refractivity contribution in [2.24, 2.45) is 0 Å². The van der Waals surface area contributed by atoms with Gasteiger partial charge < -0.3 is 14.2 Å². The van der Waals surface area contributed by atoms with Gasteiger partial charge in [-0.25, -0.2) is 14.4 Å². The maximum atomic E-state index is 11.4. The second kappa shape index (κ2) is 12.6. The van der Waals surface area contributed by atoms with Gasteiger partial charge in [0.05, 0.1) is 3.58 Å². The lowest BCUT2D eigenvalue weighted by Crippen LogP contribution is -2.35. The molecular weight excluding hydrogens is 441 g/mol. The van der Waals surface area contributed by atoms with E-state index < -0.39 is 17.9 Å². The fourth-order valence-corrected chi connectivity index (χ4v) is 1.62. The molecule has 7 nitrogen and oxygen atoms in total. The van der Waals surface area contributed by atoms with Crippen LogP contribution in [0.5, 0.6) is 0 Å². The number of hydrogen-bond donors (Lipinski definition) is 0. The third kappa shape index (κ3) is 11.5. The first-order valence-corrected chi connectivity index (χ1v) is 8.62. The maximum Gasteiger partial charge on any atom is 0.343 e. The Hall–Kier alpha value is -1.68. The van der Waals surface area contributed by atoms with Crippen molar-refractivity contribution < 1.29 is 28.6 Å². The highest BCUT2D eigenvalue weighted by Gasteiger charge is 2.11. The average Bonchev–Trinajstić information content (AvgIpc) is 2.53. The fourth-order valence-electron chi connectivity index (χ4n) is 1.46. The van der Waals surface area contributed by atoms with Gasteiger partial charge in [0.2, 0.25) is 0 Å². The van der Waals surface area contributed by atoms with Gasteiger partial charge in [0.15, 0.2) is 0 Å². The first-order valence-electron chi connectivity index (χ1n) is 7.54. The lowest BCUT2D eigenvalue weighted by molar-refractivity contribution is -0.139. The van der Waals surface area contributed by atoms with E-state index in [-0.39, 0.29) is 23.4 Å². The molecule has 140 valence electrons. The van der Waals surface area contributed by atoms with E-state index in [0.29, 0.717) is 30.8 Å². The normalized spacial score (nSPS) is 10.1. The van der Waals surface area contributed by atoms with Crippen molar-refractivity contribution in [3.05, 3.63) is 34.5 Å². The second-order valence-corrected chi connectivity index (χ2v) is 6.52. The molecule has 0 unspecified atom stereocenters. The number of carbonyl (C=O) groups excluding carboxylic acids is 3. The highest BCUT2D eigenvalue weighted by molar-refractivity contribution is 14.1. The molecule has 0 atom stereocenters. The van der Waals surface area contributed by atoms with Crippen molar-refractivity contribution >= 4 is 40.5 Å². The topological polar surface area (TPSA) is 82.1 Å². The van der Waals surface area contributed by atoms with Gasteiger partial charge in [-0.1, -0.05) is 19.7 Å². The molecule has 0 heterocycles. The van der Waals surface area contributed by atoms with Crippen molar-refractivity contribution in [1.82, 2.24) is 4.90 Å². The van der Waals surface area contributed by atoms with Crippen molar-refractivity contribution in [2.45, 2.75) is 13.8 Å². The highest BCUT2D eigenvalue weighted by Crippen LogP contribution is 2.04. The van der Waals surface area contributed by atoms with Crippen LogP contribution < -0.4 is 0 Å². The van der Waals surface area contributed by atoms with Crippen LogP contribution in [-0.4, -0.2) is 62.3 Å². The van der Waals surface area contributed by atoms with Gasteiger partial charge in [-0.05, 0) is 36.4 Å². The molecule has 0 saturated carbocycles. The molecule has 0 fully saturated rings. The first kappa shape index (κ1) is 23.3. The van der Waals surface area contributed by atoms with Crippen LogP contribution in [0.25, 0.3) is 0 Å². The Kier molecular flexibility index (Phi) is 11.8. The van der Waals surface area contributed by atoms with E-state index in [4.69, 9.17) is 14.2 Å². The summed E-state index contributed by atoms with van der Waals surface area (Å²) in [6.45, 7) is 15.2. The van der Waals surface area contributed by atoms with Gasteiger partial charge in [0.25, 0.3) is 0 Å². The predicted molar refractivity (Wildman–Crippen MR) is 102 cm³/mol. The number of rotatable bonds is 12. The molecule has 8 heteroatoms. The summed E-state index contributed by atoms with van der Waals surface area (Å²) in [7, 11) is 0. The summed E-state index contributed by atoms with van der Waals surface area (Å²) in [6.07, 6.45) is 0. The van der Waals surface area contributed by atoms with Gasteiger partial charge in [0, 0.05) is 30.8 Å². The largest absolute Gasteiger partial charge is 0.461 e. The second-order valence-electron chi connectivity index (χ2n) is 5.21. The summed E-state index contributed by atoms with van der Waals surface area (Å²) in [4.78, 5) is 36.0. The van der Waals surface area contributed by atoms with Gasteiger partial charge in [-0.15, -0.1) is 0 Å². The molecule has 0 N–H and O–H groups in total. The molecular formula is C17H24INO6. The summed E-state index contributed by atoms with van der Waals surface area (Å²) >= 11 is 1.78. The Morgan fingerprint density at radius 2 is 1.08 bits per heavy atom. The molecule has 0 spiro atoms. The number of hydrogen-bond acceptors (Lipinski definition) is 7. The van der Waals surface area contributed by atoms with Gasteiger partial charge in [0.1, 0.15) is 19.8 Å². The molecule has 0 aromatic rings. The number of halogens is 1. The highest BCUT2D eigenvalue weighted by atomic mass is 127. The molecule has 0 amide bonds. The number of esters is 3. The molecule has 25 heavy (non-hydrogen) atoms. The lowest BCUT2D eigenvalue weighted by Gasteiger charge is -2.21. The SMILES string of the molecule is C=C(C)C(=O)OCCN(CCOC(=O)C(=C)C)CCOC(=O)C(=C)I. The monoisotopic (exact) mass is 465 g/mol. The molecule has 0 radical (unpaired) electrons. The minimum atomic E-state index is -0.483. The van der Waals surface area contributed by atoms with Crippen molar-refractivity contribution in [3.8, 4) is 0 Å². The summed E-state index contributed by atoms with van der Waals surface area (Å²) in [5.74, 6) is -1.43. The van der Waals surface area contributed by atoms with Crippen LogP contribution in [0.1, 0.15) is 13.8 Å². The quantitative estimate of drug-likeness (QED) is 0.189. The predicted octanol–water partition coefficient (Wildman–Crippen LogP) is 2.02. The van der Waals surface area contributed by atoms with Crippen LogP contribution in [0.3, 0.4) is 0 Å². The van der Waals surface area contributed by atoms with E-state index in [0.717, 1.165) is 0 Å². The van der Waals surface area contributed by atoms with Crippen LogP contribution in [0.2, 0.25) is 0 Å². The summed E-state index contributed by atoms with van der Waals surface area (Å²) in [5.41, 5.74) is 0.632. The molecule has 0 aromatic heterocycles. The third-order valence-electron chi connectivity index (χ3n) is 2.84. The Labute approximate surface area is 161 Å². The molecule has 0 saturated heterocycles. The van der Waals surface area contributed by atoms with E-state index in [9.17, 15) is 14.4 Å². The Morgan fingerprint density at radius 1 is 0.760 bits per heavy atom. The summed E-state index contributed by atoms with van der Waals surface area (Å²) < 4.78 is 15.4. The van der Waals surface area contributed by atoms with E-state index in [2.05, 4.69) is 19.7 Å². The van der Waals surface area contributed by atoms with Crippen LogP contribution in [0, 0.1) is 0 Å². The molecule has 0 aliphatic rings. The average molecular weight is 465 g/mol. The van der Waals surface area contributed by atoms with Gasteiger partial charge in [-0.2, -0.15) is 0 Å².